The van der Waals surface area contributed by atoms with E-state index in [0.29, 0.717) is 25.4 Å². The maximum absolute atomic E-state index is 12.8. The van der Waals surface area contributed by atoms with E-state index < -0.39 is 0 Å². The quantitative estimate of drug-likeness (QED) is 0.817. The van der Waals surface area contributed by atoms with Crippen LogP contribution >= 0.6 is 11.8 Å². The van der Waals surface area contributed by atoms with Crippen LogP contribution in [0.2, 0.25) is 0 Å². The van der Waals surface area contributed by atoms with Crippen molar-refractivity contribution in [2.24, 2.45) is 0 Å². The van der Waals surface area contributed by atoms with E-state index in [1.807, 2.05) is 52.3 Å². The molecule has 2 aromatic rings. The highest BCUT2D eigenvalue weighted by Gasteiger charge is 2.48. The Morgan fingerprint density at radius 1 is 1.07 bits per heavy atom. The van der Waals surface area contributed by atoms with Gasteiger partial charge in [-0.2, -0.15) is 0 Å². The molecule has 152 valence electrons. The first-order valence-corrected chi connectivity index (χ1v) is 11.2. The summed E-state index contributed by atoms with van der Waals surface area (Å²) in [4.78, 5) is 29.1. The van der Waals surface area contributed by atoms with Crippen molar-refractivity contribution < 1.29 is 9.59 Å². The number of amides is 3. The fourth-order valence-electron chi connectivity index (χ4n) is 4.20. The number of hydrogen-bond donors (Lipinski definition) is 1. The maximum atomic E-state index is 12.8. The first-order chi connectivity index (χ1) is 14.1. The van der Waals surface area contributed by atoms with Gasteiger partial charge in [0.1, 0.15) is 0 Å². The van der Waals surface area contributed by atoms with Crippen LogP contribution in [0.3, 0.4) is 0 Å². The molecular formula is C23H27N3O2S. The molecule has 0 aromatic heterocycles. The van der Waals surface area contributed by atoms with Gasteiger partial charge in [-0.3, -0.25) is 4.79 Å². The minimum atomic E-state index is -0.189. The van der Waals surface area contributed by atoms with E-state index >= 15 is 0 Å². The molecule has 0 radical (unpaired) electrons. The summed E-state index contributed by atoms with van der Waals surface area (Å²) in [6.45, 7) is 4.05. The minimum Gasteiger partial charge on any atom is -0.324 e. The van der Waals surface area contributed by atoms with Crippen LogP contribution in [0, 0.1) is 0 Å². The van der Waals surface area contributed by atoms with E-state index in [1.165, 1.54) is 0 Å². The van der Waals surface area contributed by atoms with Crippen molar-refractivity contribution in [3.8, 4) is 0 Å². The second-order valence-corrected chi connectivity index (χ2v) is 8.97. The second-order valence-electron chi connectivity index (χ2n) is 7.63. The number of likely N-dealkylation sites (tertiary alicyclic amines) is 1. The summed E-state index contributed by atoms with van der Waals surface area (Å²) < 4.78 is 0. The van der Waals surface area contributed by atoms with Crippen molar-refractivity contribution in [1.29, 1.82) is 0 Å². The first-order valence-electron chi connectivity index (χ1n) is 10.2. The predicted molar refractivity (Wildman–Crippen MR) is 118 cm³/mol. The fraction of sp³-hybridized carbons (Fsp3) is 0.391. The number of thioether (sulfide) groups is 1. The molecule has 5 nitrogen and oxygen atoms in total. The Bertz CT molecular complexity index is 879. The van der Waals surface area contributed by atoms with Crippen LogP contribution in [0.5, 0.6) is 0 Å². The molecule has 2 aliphatic rings. The lowest BCUT2D eigenvalue weighted by Crippen LogP contribution is -2.53. The third kappa shape index (κ3) is 4.13. The summed E-state index contributed by atoms with van der Waals surface area (Å²) in [7, 11) is 0. The van der Waals surface area contributed by atoms with Crippen LogP contribution in [0.25, 0.3) is 0 Å². The SMILES string of the molecule is CCc1ccccc1NC(=O)N1CCC2(CC1)SCC(=O)N2Cc1ccccc1. The highest BCUT2D eigenvalue weighted by Crippen LogP contribution is 2.45. The molecule has 0 atom stereocenters. The van der Waals surface area contributed by atoms with Crippen LogP contribution < -0.4 is 5.32 Å². The molecule has 2 aliphatic heterocycles. The zero-order valence-electron chi connectivity index (χ0n) is 16.8. The lowest BCUT2D eigenvalue weighted by atomic mass is 10.0. The number of carbonyl (C=O) groups excluding carboxylic acids is 2. The second kappa shape index (κ2) is 8.49. The summed E-state index contributed by atoms with van der Waals surface area (Å²) in [5.41, 5.74) is 3.18. The first kappa shape index (κ1) is 19.8. The zero-order valence-corrected chi connectivity index (χ0v) is 17.6. The summed E-state index contributed by atoms with van der Waals surface area (Å²) in [5, 5.41) is 3.07. The van der Waals surface area contributed by atoms with E-state index in [2.05, 4.69) is 24.4 Å². The number of aryl methyl sites for hydroxylation is 1. The number of anilines is 1. The Balaban J connectivity index is 1.41. The third-order valence-electron chi connectivity index (χ3n) is 5.91. The lowest BCUT2D eigenvalue weighted by Gasteiger charge is -2.44. The van der Waals surface area contributed by atoms with E-state index in [1.54, 1.807) is 11.8 Å². The molecule has 0 unspecified atom stereocenters. The highest BCUT2D eigenvalue weighted by atomic mass is 32.2. The Morgan fingerprint density at radius 3 is 2.48 bits per heavy atom. The molecule has 2 heterocycles. The van der Waals surface area contributed by atoms with Gasteiger partial charge in [0.25, 0.3) is 0 Å². The van der Waals surface area contributed by atoms with Crippen molar-refractivity contribution in [2.45, 2.75) is 37.6 Å². The Kier molecular flexibility index (Phi) is 5.81. The summed E-state index contributed by atoms with van der Waals surface area (Å²) in [6, 6.07) is 18.0. The molecule has 4 rings (SSSR count). The maximum Gasteiger partial charge on any atom is 0.321 e. The molecule has 1 spiro atoms. The zero-order chi connectivity index (χ0) is 20.3. The number of carbonyl (C=O) groups is 2. The number of nitrogens with zero attached hydrogens (tertiary/aromatic N) is 2. The third-order valence-corrected chi connectivity index (χ3v) is 7.47. The number of para-hydroxylation sites is 1. The molecule has 2 fully saturated rings. The number of benzene rings is 2. The van der Waals surface area contributed by atoms with Gasteiger partial charge in [-0.1, -0.05) is 55.5 Å². The van der Waals surface area contributed by atoms with Gasteiger partial charge in [-0.15, -0.1) is 11.8 Å². The number of urea groups is 1. The normalized spacial score (nSPS) is 18.3. The molecule has 2 aromatic carbocycles. The molecule has 6 heteroatoms. The molecule has 0 bridgehead atoms. The van der Waals surface area contributed by atoms with Crippen molar-refractivity contribution >= 4 is 29.4 Å². The van der Waals surface area contributed by atoms with E-state index in [9.17, 15) is 9.59 Å². The average Bonchev–Trinajstić information content (AvgIpc) is 3.05. The smallest absolute Gasteiger partial charge is 0.321 e. The molecular weight excluding hydrogens is 382 g/mol. The van der Waals surface area contributed by atoms with E-state index in [-0.39, 0.29) is 16.8 Å². The van der Waals surface area contributed by atoms with Gasteiger partial charge in [-0.25, -0.2) is 4.79 Å². The van der Waals surface area contributed by atoms with Crippen molar-refractivity contribution in [3.63, 3.8) is 0 Å². The summed E-state index contributed by atoms with van der Waals surface area (Å²) in [5.74, 6) is 0.733. The Morgan fingerprint density at radius 2 is 1.76 bits per heavy atom. The van der Waals surface area contributed by atoms with Gasteiger partial charge in [0.2, 0.25) is 5.91 Å². The molecule has 1 N–H and O–H groups in total. The number of piperidine rings is 1. The van der Waals surface area contributed by atoms with Crippen LogP contribution in [0.1, 0.15) is 30.9 Å². The lowest BCUT2D eigenvalue weighted by molar-refractivity contribution is -0.131. The monoisotopic (exact) mass is 409 g/mol. The Labute approximate surface area is 176 Å². The summed E-state index contributed by atoms with van der Waals surface area (Å²) in [6.07, 6.45) is 2.49. The minimum absolute atomic E-state index is 0.0512. The largest absolute Gasteiger partial charge is 0.324 e. The van der Waals surface area contributed by atoms with Gasteiger partial charge in [0, 0.05) is 25.3 Å². The van der Waals surface area contributed by atoms with Crippen molar-refractivity contribution in [2.75, 3.05) is 24.2 Å². The van der Waals surface area contributed by atoms with E-state index in [4.69, 9.17) is 0 Å². The van der Waals surface area contributed by atoms with Crippen LogP contribution in [0.15, 0.2) is 54.6 Å². The standard InChI is InChI=1S/C23H27N3O2S/c1-2-19-10-6-7-11-20(19)24-22(28)25-14-12-23(13-15-25)26(21(27)17-29-23)16-18-8-4-3-5-9-18/h3-11H,2,12-17H2,1H3,(H,24,28). The highest BCUT2D eigenvalue weighted by molar-refractivity contribution is 8.01. The number of rotatable bonds is 4. The molecule has 3 amide bonds. The molecule has 0 saturated carbocycles. The van der Waals surface area contributed by atoms with Gasteiger partial charge in [-0.05, 0) is 36.5 Å². The fourth-order valence-corrected chi connectivity index (χ4v) is 5.54. The van der Waals surface area contributed by atoms with Gasteiger partial charge >= 0.3 is 6.03 Å². The predicted octanol–water partition coefficient (Wildman–Crippen LogP) is 4.35. The Hall–Kier alpha value is -2.47. The topological polar surface area (TPSA) is 52.7 Å². The van der Waals surface area contributed by atoms with Gasteiger partial charge in [0.05, 0.1) is 10.6 Å². The van der Waals surface area contributed by atoms with Crippen LogP contribution in [-0.2, 0) is 17.8 Å². The van der Waals surface area contributed by atoms with Crippen LogP contribution in [-0.4, -0.2) is 45.5 Å². The van der Waals surface area contributed by atoms with Gasteiger partial charge < -0.3 is 15.1 Å². The van der Waals surface area contributed by atoms with E-state index in [0.717, 1.165) is 36.1 Å². The van der Waals surface area contributed by atoms with Crippen LogP contribution in [0.4, 0.5) is 10.5 Å². The molecule has 0 aliphatic carbocycles. The molecule has 2 saturated heterocycles. The van der Waals surface area contributed by atoms with Crippen molar-refractivity contribution in [1.82, 2.24) is 9.80 Å². The number of hydrogen-bond acceptors (Lipinski definition) is 3. The molecule has 29 heavy (non-hydrogen) atoms. The summed E-state index contributed by atoms with van der Waals surface area (Å²) >= 11 is 1.74. The van der Waals surface area contributed by atoms with Gasteiger partial charge in [0.15, 0.2) is 0 Å². The average molecular weight is 410 g/mol. The van der Waals surface area contributed by atoms with Crippen molar-refractivity contribution in [3.05, 3.63) is 65.7 Å². The number of nitrogens with one attached hydrogen (secondary N) is 1.